The van der Waals surface area contributed by atoms with E-state index in [0.29, 0.717) is 45.4 Å². The number of para-hydroxylation sites is 2. The molecule has 5 aromatic carbocycles. The minimum Gasteiger partial charge on any atom is -0.507 e. The van der Waals surface area contributed by atoms with E-state index in [9.17, 15) is 10.2 Å². The van der Waals surface area contributed by atoms with Crippen molar-refractivity contribution < 1.29 is 10.2 Å². The highest BCUT2D eigenvalue weighted by Crippen LogP contribution is 2.50. The topological polar surface area (TPSA) is 65.2 Å². The molecule has 2 aliphatic rings. The average molecular weight is 654 g/mol. The molecule has 2 heterocycles. The summed E-state index contributed by atoms with van der Waals surface area (Å²) in [5, 5.41) is 23.8. The molecule has 44 heavy (non-hydrogen) atoms. The quantitative estimate of drug-likeness (QED) is 0.203. The Morgan fingerprint density at radius 1 is 0.545 bits per heavy atom. The summed E-state index contributed by atoms with van der Waals surface area (Å²) >= 11 is 16.8. The molecular formula is C36H26Cl2N2O2S2. The maximum absolute atomic E-state index is 11.3. The van der Waals surface area contributed by atoms with E-state index in [-0.39, 0.29) is 22.0 Å². The van der Waals surface area contributed by atoms with E-state index in [2.05, 4.69) is 12.1 Å². The first kappa shape index (κ1) is 29.1. The largest absolute Gasteiger partial charge is 0.507 e. The molecule has 0 aliphatic carbocycles. The minimum absolute atomic E-state index is 0.0362. The van der Waals surface area contributed by atoms with Gasteiger partial charge in [-0.25, -0.2) is 0 Å². The number of rotatable bonds is 4. The zero-order valence-electron chi connectivity index (χ0n) is 23.3. The third-order valence-electron chi connectivity index (χ3n) is 7.78. The van der Waals surface area contributed by atoms with E-state index in [1.807, 2.05) is 91.0 Å². The van der Waals surface area contributed by atoms with Crippen molar-refractivity contribution in [1.29, 1.82) is 0 Å². The van der Waals surface area contributed by atoms with Crippen molar-refractivity contribution >= 4 is 69.5 Å². The van der Waals surface area contributed by atoms with Crippen molar-refractivity contribution in [1.82, 2.24) is 0 Å². The molecule has 2 atom stereocenters. The molecule has 0 bridgehead atoms. The van der Waals surface area contributed by atoms with Crippen LogP contribution in [-0.4, -0.2) is 21.6 Å². The first-order chi connectivity index (χ1) is 21.4. The molecule has 0 saturated heterocycles. The van der Waals surface area contributed by atoms with Crippen LogP contribution in [0.3, 0.4) is 0 Å². The summed E-state index contributed by atoms with van der Waals surface area (Å²) in [6.07, 6.45) is 1.04. The summed E-state index contributed by atoms with van der Waals surface area (Å²) in [5.41, 5.74) is 6.18. The van der Waals surface area contributed by atoms with Crippen LogP contribution in [0.15, 0.2) is 129 Å². The first-order valence-corrected chi connectivity index (χ1v) is 16.7. The highest BCUT2D eigenvalue weighted by atomic mass is 35.5. The Bertz CT molecular complexity index is 1820. The number of phenols is 2. The number of aromatic hydroxyl groups is 2. The van der Waals surface area contributed by atoms with Crippen molar-refractivity contribution in [3.8, 4) is 11.5 Å². The maximum atomic E-state index is 11.3. The summed E-state index contributed by atoms with van der Waals surface area (Å²) in [6, 6.07) is 34.9. The van der Waals surface area contributed by atoms with Gasteiger partial charge >= 0.3 is 0 Å². The molecule has 0 aromatic heterocycles. The van der Waals surface area contributed by atoms with Crippen LogP contribution in [0.5, 0.6) is 11.5 Å². The lowest BCUT2D eigenvalue weighted by atomic mass is 9.94. The Morgan fingerprint density at radius 2 is 0.955 bits per heavy atom. The van der Waals surface area contributed by atoms with Crippen LogP contribution in [0.25, 0.3) is 0 Å². The predicted molar refractivity (Wildman–Crippen MR) is 184 cm³/mol. The lowest BCUT2D eigenvalue weighted by Crippen LogP contribution is -2.10. The van der Waals surface area contributed by atoms with Crippen molar-refractivity contribution in [2.24, 2.45) is 9.98 Å². The molecule has 0 amide bonds. The molecule has 0 fully saturated rings. The average Bonchev–Trinajstić information content (AvgIpc) is 3.34. The zero-order valence-corrected chi connectivity index (χ0v) is 26.5. The highest BCUT2D eigenvalue weighted by molar-refractivity contribution is 8.00. The molecule has 218 valence electrons. The number of nitrogens with zero attached hydrogens (tertiary/aromatic N) is 2. The van der Waals surface area contributed by atoms with Gasteiger partial charge in [-0.2, -0.15) is 0 Å². The molecule has 0 spiro atoms. The number of halogens is 2. The fourth-order valence-corrected chi connectivity index (χ4v) is 8.83. The van der Waals surface area contributed by atoms with E-state index in [0.717, 1.165) is 32.3 Å². The summed E-state index contributed by atoms with van der Waals surface area (Å²) < 4.78 is 0. The second-order valence-electron chi connectivity index (χ2n) is 10.6. The van der Waals surface area contributed by atoms with Gasteiger partial charge in [-0.3, -0.25) is 9.98 Å². The predicted octanol–water partition coefficient (Wildman–Crippen LogP) is 11.1. The Labute approximate surface area is 274 Å². The van der Waals surface area contributed by atoms with E-state index >= 15 is 0 Å². The normalized spacial score (nSPS) is 17.9. The summed E-state index contributed by atoms with van der Waals surface area (Å²) in [6.45, 7) is 0. The number of thioether (sulfide) groups is 2. The second-order valence-corrected chi connectivity index (χ2v) is 13.9. The first-order valence-electron chi connectivity index (χ1n) is 14.2. The molecule has 0 unspecified atom stereocenters. The number of aliphatic imine (C=N–C) groups is 2. The van der Waals surface area contributed by atoms with Gasteiger partial charge in [-0.15, -0.1) is 23.5 Å². The van der Waals surface area contributed by atoms with Gasteiger partial charge in [-0.05, 0) is 53.6 Å². The van der Waals surface area contributed by atoms with E-state index in [1.54, 1.807) is 23.5 Å². The zero-order chi connectivity index (χ0) is 30.2. The Morgan fingerprint density at radius 3 is 1.41 bits per heavy atom. The Balaban J connectivity index is 1.36. The smallest absolute Gasteiger partial charge is 0.128 e. The molecule has 2 N–H and O–H groups in total. The van der Waals surface area contributed by atoms with E-state index < -0.39 is 0 Å². The monoisotopic (exact) mass is 652 g/mol. The molecule has 0 radical (unpaired) electrons. The molecule has 7 rings (SSSR count). The van der Waals surface area contributed by atoms with Crippen LogP contribution >= 0.6 is 46.7 Å². The van der Waals surface area contributed by atoms with Crippen molar-refractivity contribution in [3.63, 3.8) is 0 Å². The molecule has 2 aliphatic heterocycles. The Hall–Kier alpha value is -3.68. The number of fused-ring (bicyclic) bond motifs is 2. The molecular weight excluding hydrogens is 627 g/mol. The number of benzene rings is 5. The van der Waals surface area contributed by atoms with Gasteiger partial charge in [0.1, 0.15) is 11.5 Å². The lowest BCUT2D eigenvalue weighted by Gasteiger charge is -2.20. The number of phenolic OH excluding ortho intramolecular Hbond substituents is 2. The van der Waals surface area contributed by atoms with Gasteiger partial charge in [0.15, 0.2) is 0 Å². The third-order valence-corrected chi connectivity index (χ3v) is 11.1. The molecule has 5 aromatic rings. The molecule has 0 saturated carbocycles. The van der Waals surface area contributed by atoms with Gasteiger partial charge in [0.05, 0.1) is 22.8 Å². The maximum Gasteiger partial charge on any atom is 0.128 e. The summed E-state index contributed by atoms with van der Waals surface area (Å²) in [7, 11) is 0. The third kappa shape index (κ3) is 5.75. The van der Waals surface area contributed by atoms with Gasteiger partial charge in [0, 0.05) is 60.4 Å². The summed E-state index contributed by atoms with van der Waals surface area (Å²) in [4.78, 5) is 12.2. The van der Waals surface area contributed by atoms with E-state index in [4.69, 9.17) is 33.2 Å². The van der Waals surface area contributed by atoms with Gasteiger partial charge in [0.2, 0.25) is 0 Å². The fourth-order valence-electron chi connectivity index (χ4n) is 5.62. The van der Waals surface area contributed by atoms with Crippen molar-refractivity contribution in [2.45, 2.75) is 33.1 Å². The second kappa shape index (κ2) is 12.4. The van der Waals surface area contributed by atoms with Crippen molar-refractivity contribution in [2.75, 3.05) is 0 Å². The fraction of sp³-hybridized carbons (Fsp3) is 0.111. The minimum atomic E-state index is -0.0426. The van der Waals surface area contributed by atoms with Crippen LogP contribution in [0, 0.1) is 0 Å². The van der Waals surface area contributed by atoms with Gasteiger partial charge in [0.25, 0.3) is 0 Å². The standard InChI is InChI=1S/C36H26Cl2N2O2S2/c37-25-11-3-1-9-21(25)35-18-29(39-27-13-5-7-15-33(27)43-35)23-17-24(32(42)20-31(23)41)30-19-36(22-10-2-4-12-26(22)38)44-34-16-8-6-14-28(34)40-30/h1-17,20,35-36,41-42H,18-19H2/t35-,36+. The van der Waals surface area contributed by atoms with Gasteiger partial charge in [-0.1, -0.05) is 83.9 Å². The number of hydrogen-bond acceptors (Lipinski definition) is 6. The number of hydrogen-bond donors (Lipinski definition) is 2. The van der Waals surface area contributed by atoms with Crippen molar-refractivity contribution in [3.05, 3.63) is 141 Å². The van der Waals surface area contributed by atoms with Crippen LogP contribution in [0.2, 0.25) is 10.0 Å². The molecule has 4 nitrogen and oxygen atoms in total. The van der Waals surface area contributed by atoms with Gasteiger partial charge < -0.3 is 10.2 Å². The lowest BCUT2D eigenvalue weighted by molar-refractivity contribution is 0.449. The van der Waals surface area contributed by atoms with Crippen LogP contribution < -0.4 is 0 Å². The highest BCUT2D eigenvalue weighted by Gasteiger charge is 2.29. The summed E-state index contributed by atoms with van der Waals surface area (Å²) in [5.74, 6) is -0.0853. The van der Waals surface area contributed by atoms with Crippen LogP contribution in [-0.2, 0) is 0 Å². The SMILES string of the molecule is Oc1cc(O)c(C2=Nc3ccccc3S[C@@H](c3ccccc3Cl)C2)cc1C1=Nc2ccccc2S[C@H](c2ccccc2Cl)C1. The van der Waals surface area contributed by atoms with E-state index in [1.165, 1.54) is 6.07 Å². The Kier molecular flexibility index (Phi) is 8.17. The molecule has 8 heteroatoms. The van der Waals surface area contributed by atoms with Crippen LogP contribution in [0.4, 0.5) is 11.4 Å². The van der Waals surface area contributed by atoms with Crippen LogP contribution in [0.1, 0.15) is 45.6 Å².